The van der Waals surface area contributed by atoms with Crippen molar-refractivity contribution in [2.75, 3.05) is 18.0 Å². The van der Waals surface area contributed by atoms with Crippen LogP contribution in [0, 0.1) is 5.92 Å². The van der Waals surface area contributed by atoms with Gasteiger partial charge in [0.1, 0.15) is 0 Å². The van der Waals surface area contributed by atoms with Crippen molar-refractivity contribution < 1.29 is 5.11 Å². The number of benzene rings is 1. The van der Waals surface area contributed by atoms with Crippen molar-refractivity contribution in [3.63, 3.8) is 0 Å². The van der Waals surface area contributed by atoms with E-state index < -0.39 is 5.60 Å². The normalized spacial score (nSPS) is 20.5. The largest absolute Gasteiger partial charge is 0.390 e. The Morgan fingerprint density at radius 1 is 1.50 bits per heavy atom. The minimum absolute atomic E-state index is 0.294. The molecule has 0 aromatic heterocycles. The summed E-state index contributed by atoms with van der Waals surface area (Å²) in [6, 6.07) is 5.88. The Hall–Kier alpha value is -0.770. The third-order valence-electron chi connectivity index (χ3n) is 3.83. The average Bonchev–Trinajstić information content (AvgIpc) is 2.77. The molecule has 2 rings (SSSR count). The molecule has 18 heavy (non-hydrogen) atoms. The summed E-state index contributed by atoms with van der Waals surface area (Å²) in [6.07, 6.45) is 1.00. The van der Waals surface area contributed by atoms with E-state index in [1.807, 2.05) is 26.0 Å². The van der Waals surface area contributed by atoms with Gasteiger partial charge in [-0.25, -0.2) is 0 Å². The SMILES string of the molecule is CC(C)(O)[C@H]1CCN(c2cccc(Cl)c2CN)C1. The van der Waals surface area contributed by atoms with Crippen molar-refractivity contribution in [1.82, 2.24) is 0 Å². The van der Waals surface area contributed by atoms with Gasteiger partial charge in [-0.05, 0) is 32.4 Å². The zero-order chi connectivity index (χ0) is 13.3. The number of anilines is 1. The Labute approximate surface area is 114 Å². The second-order valence-electron chi connectivity index (χ2n) is 5.53. The van der Waals surface area contributed by atoms with Gasteiger partial charge < -0.3 is 15.7 Å². The molecule has 0 amide bonds. The molecule has 4 heteroatoms. The number of halogens is 1. The number of nitrogens with two attached hydrogens (primary N) is 1. The van der Waals surface area contributed by atoms with Gasteiger partial charge in [0, 0.05) is 41.8 Å². The van der Waals surface area contributed by atoms with E-state index in [0.717, 1.165) is 35.8 Å². The van der Waals surface area contributed by atoms with Gasteiger partial charge in [-0.1, -0.05) is 17.7 Å². The molecule has 1 aliphatic heterocycles. The van der Waals surface area contributed by atoms with Crippen LogP contribution in [-0.4, -0.2) is 23.8 Å². The third-order valence-corrected chi connectivity index (χ3v) is 4.18. The third kappa shape index (κ3) is 2.63. The summed E-state index contributed by atoms with van der Waals surface area (Å²) < 4.78 is 0. The fraction of sp³-hybridized carbons (Fsp3) is 0.571. The number of nitrogens with zero attached hydrogens (tertiary/aromatic N) is 1. The van der Waals surface area contributed by atoms with Gasteiger partial charge in [-0.2, -0.15) is 0 Å². The summed E-state index contributed by atoms with van der Waals surface area (Å²) >= 11 is 6.18. The van der Waals surface area contributed by atoms with Crippen molar-refractivity contribution in [3.05, 3.63) is 28.8 Å². The summed E-state index contributed by atoms with van der Waals surface area (Å²) in [5.74, 6) is 0.294. The Morgan fingerprint density at radius 2 is 2.22 bits per heavy atom. The van der Waals surface area contributed by atoms with E-state index in [-0.39, 0.29) is 0 Å². The van der Waals surface area contributed by atoms with Crippen LogP contribution in [0.4, 0.5) is 5.69 Å². The quantitative estimate of drug-likeness (QED) is 0.885. The minimum atomic E-state index is -0.629. The molecule has 1 fully saturated rings. The van der Waals surface area contributed by atoms with Gasteiger partial charge in [0.25, 0.3) is 0 Å². The molecule has 0 unspecified atom stereocenters. The van der Waals surface area contributed by atoms with Gasteiger partial charge in [0.2, 0.25) is 0 Å². The molecule has 0 saturated carbocycles. The van der Waals surface area contributed by atoms with Crippen molar-refractivity contribution in [1.29, 1.82) is 0 Å². The number of rotatable bonds is 3. The predicted octanol–water partition coefficient (Wildman–Crippen LogP) is 2.40. The first-order valence-electron chi connectivity index (χ1n) is 6.38. The summed E-state index contributed by atoms with van der Waals surface area (Å²) in [7, 11) is 0. The van der Waals surface area contributed by atoms with Crippen LogP contribution in [0.5, 0.6) is 0 Å². The minimum Gasteiger partial charge on any atom is -0.390 e. The van der Waals surface area contributed by atoms with Crippen LogP contribution in [0.15, 0.2) is 18.2 Å². The van der Waals surface area contributed by atoms with Crippen molar-refractivity contribution >= 4 is 17.3 Å². The molecule has 100 valence electrons. The number of aliphatic hydroxyl groups is 1. The highest BCUT2D eigenvalue weighted by Gasteiger charge is 2.34. The Morgan fingerprint density at radius 3 is 2.78 bits per heavy atom. The van der Waals surface area contributed by atoms with Crippen molar-refractivity contribution in [3.8, 4) is 0 Å². The van der Waals surface area contributed by atoms with Crippen LogP contribution in [0.25, 0.3) is 0 Å². The maximum absolute atomic E-state index is 10.1. The lowest BCUT2D eigenvalue weighted by atomic mass is 9.90. The molecule has 1 aromatic carbocycles. The highest BCUT2D eigenvalue weighted by Crippen LogP contribution is 2.34. The topological polar surface area (TPSA) is 49.5 Å². The van der Waals surface area contributed by atoms with Crippen LogP contribution in [0.2, 0.25) is 5.02 Å². The first-order chi connectivity index (χ1) is 8.43. The van der Waals surface area contributed by atoms with Gasteiger partial charge in [-0.3, -0.25) is 0 Å². The molecule has 0 spiro atoms. The number of hydrogen-bond donors (Lipinski definition) is 2. The summed E-state index contributed by atoms with van der Waals surface area (Å²) in [6.45, 7) is 6.00. The van der Waals surface area contributed by atoms with E-state index in [1.54, 1.807) is 0 Å². The predicted molar refractivity (Wildman–Crippen MR) is 76.0 cm³/mol. The van der Waals surface area contributed by atoms with Crippen molar-refractivity contribution in [2.24, 2.45) is 11.7 Å². The summed E-state index contributed by atoms with van der Waals surface area (Å²) in [4.78, 5) is 2.27. The second-order valence-corrected chi connectivity index (χ2v) is 5.93. The Balaban J connectivity index is 2.22. The van der Waals surface area contributed by atoms with Gasteiger partial charge in [0.05, 0.1) is 5.60 Å². The molecule has 0 bridgehead atoms. The molecule has 1 atom stereocenters. The molecular weight excluding hydrogens is 248 g/mol. The lowest BCUT2D eigenvalue weighted by Crippen LogP contribution is -2.33. The van der Waals surface area contributed by atoms with Crippen LogP contribution in [0.1, 0.15) is 25.8 Å². The van der Waals surface area contributed by atoms with E-state index in [2.05, 4.69) is 11.0 Å². The van der Waals surface area contributed by atoms with Gasteiger partial charge in [-0.15, -0.1) is 0 Å². The Kier molecular flexibility index (Phi) is 3.85. The smallest absolute Gasteiger partial charge is 0.0637 e. The first kappa shape index (κ1) is 13.7. The van der Waals surface area contributed by atoms with Crippen LogP contribution in [-0.2, 0) is 6.54 Å². The Bertz CT molecular complexity index is 428. The lowest BCUT2D eigenvalue weighted by molar-refractivity contribution is 0.0263. The summed E-state index contributed by atoms with van der Waals surface area (Å²) in [5, 5.41) is 10.8. The molecule has 1 aromatic rings. The van der Waals surface area contributed by atoms with E-state index in [9.17, 15) is 5.11 Å². The molecule has 1 aliphatic rings. The van der Waals surface area contributed by atoms with Crippen LogP contribution in [0.3, 0.4) is 0 Å². The lowest BCUT2D eigenvalue weighted by Gasteiger charge is -2.27. The van der Waals surface area contributed by atoms with Crippen LogP contribution >= 0.6 is 11.6 Å². The maximum Gasteiger partial charge on any atom is 0.0637 e. The van der Waals surface area contributed by atoms with E-state index in [1.165, 1.54) is 0 Å². The molecule has 0 aliphatic carbocycles. The average molecular weight is 269 g/mol. The summed E-state index contributed by atoms with van der Waals surface area (Å²) in [5.41, 5.74) is 7.25. The zero-order valence-electron chi connectivity index (χ0n) is 11.0. The molecular formula is C14H21ClN2O. The fourth-order valence-electron chi connectivity index (χ4n) is 2.60. The van der Waals surface area contributed by atoms with E-state index >= 15 is 0 Å². The van der Waals surface area contributed by atoms with Gasteiger partial charge >= 0.3 is 0 Å². The zero-order valence-corrected chi connectivity index (χ0v) is 11.7. The molecule has 1 saturated heterocycles. The molecule has 0 radical (unpaired) electrons. The van der Waals surface area contributed by atoms with E-state index in [0.29, 0.717) is 12.5 Å². The monoisotopic (exact) mass is 268 g/mol. The standard InChI is InChI=1S/C14H21ClN2O/c1-14(2,18)10-6-7-17(9-10)13-5-3-4-12(15)11(13)8-16/h3-5,10,18H,6-9,16H2,1-2H3/t10-/m0/s1. The van der Waals surface area contributed by atoms with E-state index in [4.69, 9.17) is 17.3 Å². The number of hydrogen-bond acceptors (Lipinski definition) is 3. The highest BCUT2D eigenvalue weighted by atomic mass is 35.5. The molecule has 3 nitrogen and oxygen atoms in total. The maximum atomic E-state index is 10.1. The molecule has 1 heterocycles. The molecule has 3 N–H and O–H groups in total. The van der Waals surface area contributed by atoms with Crippen molar-refractivity contribution in [2.45, 2.75) is 32.4 Å². The van der Waals surface area contributed by atoms with Gasteiger partial charge in [0.15, 0.2) is 0 Å². The first-order valence-corrected chi connectivity index (χ1v) is 6.76. The van der Waals surface area contributed by atoms with Crippen LogP contribution < -0.4 is 10.6 Å². The highest BCUT2D eigenvalue weighted by molar-refractivity contribution is 6.31. The fourth-order valence-corrected chi connectivity index (χ4v) is 2.85. The second kappa shape index (κ2) is 5.08.